The summed E-state index contributed by atoms with van der Waals surface area (Å²) in [5, 5.41) is 2.75. The Morgan fingerprint density at radius 1 is 0.926 bits per heavy atom. The van der Waals surface area contributed by atoms with Gasteiger partial charge in [0.25, 0.3) is 11.8 Å². The lowest BCUT2D eigenvalue weighted by atomic mass is 10.2. The van der Waals surface area contributed by atoms with Crippen LogP contribution in [0.5, 0.6) is 0 Å². The van der Waals surface area contributed by atoms with Gasteiger partial charge in [-0.1, -0.05) is 0 Å². The van der Waals surface area contributed by atoms with Crippen molar-refractivity contribution in [2.24, 2.45) is 0 Å². The number of benzene rings is 1. The Morgan fingerprint density at radius 3 is 2.00 bits per heavy atom. The zero-order valence-electron chi connectivity index (χ0n) is 16.8. The van der Waals surface area contributed by atoms with Crippen molar-refractivity contribution in [3.63, 3.8) is 0 Å². The van der Waals surface area contributed by atoms with Crippen molar-refractivity contribution in [2.45, 2.75) is 33.7 Å². The van der Waals surface area contributed by atoms with E-state index in [0.29, 0.717) is 5.56 Å². The van der Waals surface area contributed by atoms with E-state index in [2.05, 4.69) is 34.9 Å². The van der Waals surface area contributed by atoms with Crippen molar-refractivity contribution < 1.29 is 14.4 Å². The smallest absolute Gasteiger partial charge is 0.269 e. The maximum atomic E-state index is 12.1. The summed E-state index contributed by atoms with van der Waals surface area (Å²) in [5.74, 6) is -0.949. The molecule has 3 N–H and O–H groups in total. The first kappa shape index (κ1) is 22.4. The summed E-state index contributed by atoms with van der Waals surface area (Å²) in [6.45, 7) is 9.76. The van der Waals surface area contributed by atoms with Crippen LogP contribution in [0, 0.1) is 0 Å². The number of likely N-dealkylation sites (N-methyl/N-ethyl adjacent to an activating group) is 1. The van der Waals surface area contributed by atoms with E-state index in [9.17, 15) is 14.4 Å². The average Bonchev–Trinajstić information content (AvgIpc) is 2.60. The van der Waals surface area contributed by atoms with Crippen LogP contribution in [-0.2, 0) is 9.59 Å². The molecule has 0 saturated heterocycles. The quantitative estimate of drug-likeness (QED) is 0.552. The molecule has 8 nitrogen and oxygen atoms in total. The van der Waals surface area contributed by atoms with E-state index in [0.717, 1.165) is 18.8 Å². The van der Waals surface area contributed by atoms with Gasteiger partial charge in [0.1, 0.15) is 0 Å². The molecule has 0 bridgehead atoms. The average molecular weight is 377 g/mol. The maximum absolute atomic E-state index is 12.1. The van der Waals surface area contributed by atoms with Crippen LogP contribution in [0.15, 0.2) is 24.3 Å². The zero-order chi connectivity index (χ0) is 20.4. The number of hydrogen-bond acceptors (Lipinski definition) is 5. The highest BCUT2D eigenvalue weighted by Gasteiger charge is 2.13. The molecule has 0 radical (unpaired) electrons. The van der Waals surface area contributed by atoms with Crippen LogP contribution in [-0.4, -0.2) is 61.9 Å². The first-order chi connectivity index (χ1) is 12.8. The summed E-state index contributed by atoms with van der Waals surface area (Å²) in [6, 6.07) is 7.25. The third-order valence-corrected chi connectivity index (χ3v) is 3.85. The minimum absolute atomic E-state index is 0.00725. The van der Waals surface area contributed by atoms with Gasteiger partial charge in [-0.05, 0) is 59.0 Å². The molecule has 0 fully saturated rings. The lowest BCUT2D eigenvalue weighted by Crippen LogP contribution is -2.47. The highest BCUT2D eigenvalue weighted by molar-refractivity contribution is 5.95. The summed E-state index contributed by atoms with van der Waals surface area (Å²) in [7, 11) is 1.66. The number of nitrogens with zero attached hydrogens (tertiary/aromatic N) is 2. The number of carbonyl (C=O) groups excluding carboxylic acids is 3. The molecular weight excluding hydrogens is 346 g/mol. The minimum atomic E-state index is -0.400. The Bertz CT molecular complexity index is 627. The lowest BCUT2D eigenvalue weighted by molar-refractivity contribution is -0.125. The molecule has 0 aliphatic rings. The summed E-state index contributed by atoms with van der Waals surface area (Å²) in [5.41, 5.74) is 6.25. The number of nitrogens with one attached hydrogen (secondary N) is 3. The van der Waals surface area contributed by atoms with E-state index < -0.39 is 11.8 Å². The first-order valence-electron chi connectivity index (χ1n) is 9.18. The Kier molecular flexibility index (Phi) is 9.29. The van der Waals surface area contributed by atoms with Gasteiger partial charge in [0, 0.05) is 30.4 Å². The number of hydrazine groups is 1. The van der Waals surface area contributed by atoms with Crippen LogP contribution in [0.25, 0.3) is 0 Å². The second kappa shape index (κ2) is 11.2. The topological polar surface area (TPSA) is 93.8 Å². The third-order valence-electron chi connectivity index (χ3n) is 3.85. The normalized spacial score (nSPS) is 10.6. The molecule has 0 atom stereocenters. The lowest BCUT2D eigenvalue weighted by Gasteiger charge is -2.21. The molecule has 1 aromatic carbocycles. The van der Waals surface area contributed by atoms with Gasteiger partial charge in [-0.15, -0.1) is 0 Å². The second-order valence-corrected chi connectivity index (χ2v) is 6.62. The van der Waals surface area contributed by atoms with E-state index in [4.69, 9.17) is 0 Å². The highest BCUT2D eigenvalue weighted by Crippen LogP contribution is 2.14. The minimum Gasteiger partial charge on any atom is -0.372 e. The van der Waals surface area contributed by atoms with Gasteiger partial charge < -0.3 is 10.2 Å². The summed E-state index contributed by atoms with van der Waals surface area (Å²) in [6.07, 6.45) is 0. The van der Waals surface area contributed by atoms with Crippen LogP contribution in [0.1, 0.15) is 38.1 Å². The largest absolute Gasteiger partial charge is 0.372 e. The molecule has 0 heterocycles. The van der Waals surface area contributed by atoms with E-state index in [1.165, 1.54) is 0 Å². The predicted octanol–water partition coefficient (Wildman–Crippen LogP) is 0.750. The molecule has 0 aliphatic heterocycles. The van der Waals surface area contributed by atoms with Crippen LogP contribution in [0.3, 0.4) is 0 Å². The molecule has 0 saturated carbocycles. The van der Waals surface area contributed by atoms with Gasteiger partial charge in [0.05, 0.1) is 13.1 Å². The van der Waals surface area contributed by atoms with Gasteiger partial charge >= 0.3 is 0 Å². The Labute approximate surface area is 161 Å². The Morgan fingerprint density at radius 2 is 1.48 bits per heavy atom. The zero-order valence-corrected chi connectivity index (χ0v) is 16.8. The predicted molar refractivity (Wildman–Crippen MR) is 106 cm³/mol. The molecule has 27 heavy (non-hydrogen) atoms. The number of carbonyl (C=O) groups is 3. The molecule has 150 valence electrons. The highest BCUT2D eigenvalue weighted by atomic mass is 16.2. The molecule has 1 rings (SSSR count). The molecule has 3 amide bonds. The van der Waals surface area contributed by atoms with Crippen molar-refractivity contribution in [1.82, 2.24) is 21.1 Å². The summed E-state index contributed by atoms with van der Waals surface area (Å²) < 4.78 is 0. The van der Waals surface area contributed by atoms with Crippen LogP contribution < -0.4 is 21.1 Å². The fraction of sp³-hybridized carbons (Fsp3) is 0.526. The fourth-order valence-electron chi connectivity index (χ4n) is 2.56. The second-order valence-electron chi connectivity index (χ2n) is 6.62. The van der Waals surface area contributed by atoms with Crippen LogP contribution in [0.2, 0.25) is 0 Å². The van der Waals surface area contributed by atoms with Gasteiger partial charge in [-0.25, -0.2) is 0 Å². The molecule has 8 heteroatoms. The number of rotatable bonds is 9. The number of amides is 3. The van der Waals surface area contributed by atoms with Crippen molar-refractivity contribution in [2.75, 3.05) is 38.1 Å². The van der Waals surface area contributed by atoms with Gasteiger partial charge in [0.2, 0.25) is 5.91 Å². The van der Waals surface area contributed by atoms with Crippen molar-refractivity contribution in [1.29, 1.82) is 0 Å². The Balaban J connectivity index is 2.44. The Hall–Kier alpha value is -2.61. The van der Waals surface area contributed by atoms with Crippen molar-refractivity contribution in [3.05, 3.63) is 29.8 Å². The van der Waals surface area contributed by atoms with Crippen molar-refractivity contribution >= 4 is 23.4 Å². The van der Waals surface area contributed by atoms with E-state index in [1.807, 2.05) is 26.0 Å². The summed E-state index contributed by atoms with van der Waals surface area (Å²) in [4.78, 5) is 39.4. The van der Waals surface area contributed by atoms with E-state index >= 15 is 0 Å². The van der Waals surface area contributed by atoms with Crippen molar-refractivity contribution in [3.8, 4) is 0 Å². The van der Waals surface area contributed by atoms with Gasteiger partial charge in [-0.3, -0.25) is 30.1 Å². The van der Waals surface area contributed by atoms with E-state index in [-0.39, 0.29) is 25.0 Å². The first-order valence-corrected chi connectivity index (χ1v) is 9.18. The molecule has 0 unspecified atom stereocenters. The van der Waals surface area contributed by atoms with Crippen LogP contribution >= 0.6 is 0 Å². The van der Waals surface area contributed by atoms with E-state index in [1.54, 1.807) is 24.1 Å². The van der Waals surface area contributed by atoms with Crippen LogP contribution in [0.4, 0.5) is 5.69 Å². The SMILES string of the molecule is CCN(CC)c1ccc(C(=O)NNC(=O)CN(C)CC(=O)NC(C)C)cc1. The molecule has 1 aromatic rings. The molecule has 0 spiro atoms. The third kappa shape index (κ3) is 8.08. The molecule has 0 aliphatic carbocycles. The van der Waals surface area contributed by atoms with Gasteiger partial charge in [-0.2, -0.15) is 0 Å². The fourth-order valence-corrected chi connectivity index (χ4v) is 2.56. The number of anilines is 1. The molecular formula is C19H31N5O3. The monoisotopic (exact) mass is 377 g/mol. The summed E-state index contributed by atoms with van der Waals surface area (Å²) >= 11 is 0. The van der Waals surface area contributed by atoms with Gasteiger partial charge in [0.15, 0.2) is 0 Å². The molecule has 0 aromatic heterocycles. The standard InChI is InChI=1S/C19H31N5O3/c1-6-24(7-2)16-10-8-15(9-11-16)19(27)22-21-18(26)13-23(5)12-17(25)20-14(3)4/h8-11,14H,6-7,12-13H2,1-5H3,(H,20,25)(H,21,26)(H,22,27). The maximum Gasteiger partial charge on any atom is 0.269 e. The number of hydrogen-bond donors (Lipinski definition) is 3.